The van der Waals surface area contributed by atoms with Gasteiger partial charge in [0.05, 0.1) is 19.0 Å². The van der Waals surface area contributed by atoms with Crippen LogP contribution in [0.4, 0.5) is 0 Å². The summed E-state index contributed by atoms with van der Waals surface area (Å²) in [7, 11) is 0. The van der Waals surface area contributed by atoms with Gasteiger partial charge in [-0.25, -0.2) is 0 Å². The summed E-state index contributed by atoms with van der Waals surface area (Å²) < 4.78 is 0. The molecule has 0 saturated carbocycles. The topological polar surface area (TPSA) is 35.8 Å². The molecule has 0 radical (unpaired) electrons. The fourth-order valence-electron chi connectivity index (χ4n) is 1.96. The Morgan fingerprint density at radius 2 is 2.25 bits per heavy atom. The number of aliphatic imine (C=N–C) groups is 1. The maximum absolute atomic E-state index is 8.91. The van der Waals surface area contributed by atoms with E-state index in [9.17, 15) is 0 Å². The minimum Gasteiger partial charge on any atom is -0.395 e. The number of nitrogens with zero attached hydrogens (tertiary/aromatic N) is 2. The lowest BCUT2D eigenvalue weighted by Gasteiger charge is -2.18. The third kappa shape index (κ3) is 4.79. The van der Waals surface area contributed by atoms with E-state index in [2.05, 4.69) is 29.0 Å². The first-order valence-electron chi connectivity index (χ1n) is 6.42. The smallest absolute Gasteiger partial charge is 0.0991 e. The summed E-state index contributed by atoms with van der Waals surface area (Å²) >= 11 is 0. The van der Waals surface area contributed by atoms with Crippen LogP contribution in [0, 0.1) is 0 Å². The van der Waals surface area contributed by atoms with Crippen LogP contribution in [0.3, 0.4) is 0 Å². The van der Waals surface area contributed by atoms with Crippen LogP contribution in [0.2, 0.25) is 0 Å². The van der Waals surface area contributed by atoms with E-state index in [1.54, 1.807) is 0 Å². The van der Waals surface area contributed by atoms with E-state index in [0.29, 0.717) is 0 Å². The number of aliphatic hydroxyl groups is 1. The molecule has 0 aromatic rings. The summed E-state index contributed by atoms with van der Waals surface area (Å²) in [6, 6.07) is 0. The molecule has 3 heteroatoms. The van der Waals surface area contributed by atoms with E-state index in [4.69, 9.17) is 5.11 Å². The molecule has 92 valence electrons. The zero-order valence-electron chi connectivity index (χ0n) is 10.4. The van der Waals surface area contributed by atoms with Crippen LogP contribution in [0.25, 0.3) is 0 Å². The van der Waals surface area contributed by atoms with Gasteiger partial charge >= 0.3 is 0 Å². The van der Waals surface area contributed by atoms with Gasteiger partial charge in [0, 0.05) is 19.5 Å². The van der Waals surface area contributed by atoms with Crippen molar-refractivity contribution in [1.29, 1.82) is 0 Å². The zero-order valence-corrected chi connectivity index (χ0v) is 10.4. The first-order chi connectivity index (χ1) is 7.88. The number of amidine groups is 1. The lowest BCUT2D eigenvalue weighted by Crippen LogP contribution is -2.30. The maximum Gasteiger partial charge on any atom is 0.0991 e. The summed E-state index contributed by atoms with van der Waals surface area (Å²) in [4.78, 5) is 6.69. The van der Waals surface area contributed by atoms with Crippen LogP contribution in [0.5, 0.6) is 0 Å². The van der Waals surface area contributed by atoms with Gasteiger partial charge in [-0.2, -0.15) is 0 Å². The van der Waals surface area contributed by atoms with Gasteiger partial charge in [-0.1, -0.05) is 19.1 Å². The third-order valence-electron chi connectivity index (χ3n) is 2.82. The van der Waals surface area contributed by atoms with Gasteiger partial charge in [-0.05, 0) is 25.7 Å². The van der Waals surface area contributed by atoms with Crippen molar-refractivity contribution in [2.75, 3.05) is 26.2 Å². The molecule has 0 aliphatic carbocycles. The molecule has 0 unspecified atom stereocenters. The molecule has 0 atom stereocenters. The number of β-amino-alcohol motifs (C(OH)–C–C–N with tert-alkyl or cyclic N) is 1. The number of unbranched alkanes of at least 4 members (excludes halogenated alkanes) is 2. The largest absolute Gasteiger partial charge is 0.395 e. The van der Waals surface area contributed by atoms with Gasteiger partial charge in [0.1, 0.15) is 0 Å². The van der Waals surface area contributed by atoms with Crippen molar-refractivity contribution in [3.63, 3.8) is 0 Å². The van der Waals surface area contributed by atoms with Crippen molar-refractivity contribution in [2.24, 2.45) is 4.99 Å². The molecule has 3 nitrogen and oxygen atoms in total. The Kier molecular flexibility index (Phi) is 6.90. The SMILES string of the molecule is CC/C=C/CCCCC1=NCCN1CCO. The summed E-state index contributed by atoms with van der Waals surface area (Å²) in [6.45, 7) is 5.04. The summed E-state index contributed by atoms with van der Waals surface area (Å²) in [5, 5.41) is 8.91. The second kappa shape index (κ2) is 8.34. The van der Waals surface area contributed by atoms with Gasteiger partial charge in [-0.15, -0.1) is 0 Å². The predicted octanol–water partition coefficient (Wildman–Crippen LogP) is 2.22. The molecule has 1 rings (SSSR count). The van der Waals surface area contributed by atoms with Crippen molar-refractivity contribution in [3.05, 3.63) is 12.2 Å². The molecule has 0 fully saturated rings. The molecule has 1 aliphatic heterocycles. The van der Waals surface area contributed by atoms with Gasteiger partial charge in [0.2, 0.25) is 0 Å². The normalized spacial score (nSPS) is 16.1. The average molecular weight is 224 g/mol. The van der Waals surface area contributed by atoms with Crippen molar-refractivity contribution < 1.29 is 5.11 Å². The molecule has 0 bridgehead atoms. The standard InChI is InChI=1S/C13H24N2O/c1-2-3-4-5-6-7-8-13-14-9-10-15(13)11-12-16/h3-4,16H,2,5-12H2,1H3/b4-3+. The number of allylic oxidation sites excluding steroid dienone is 2. The molecule has 0 spiro atoms. The Bertz CT molecular complexity index is 236. The zero-order chi connectivity index (χ0) is 11.6. The molecule has 16 heavy (non-hydrogen) atoms. The van der Waals surface area contributed by atoms with Crippen molar-refractivity contribution in [2.45, 2.75) is 39.0 Å². The van der Waals surface area contributed by atoms with Crippen molar-refractivity contribution >= 4 is 5.84 Å². The molecule has 1 N–H and O–H groups in total. The Hall–Kier alpha value is -0.830. The van der Waals surface area contributed by atoms with Gasteiger partial charge in [0.15, 0.2) is 0 Å². The van der Waals surface area contributed by atoms with Crippen molar-refractivity contribution in [3.8, 4) is 0 Å². The van der Waals surface area contributed by atoms with Crippen LogP contribution in [-0.2, 0) is 0 Å². The van der Waals surface area contributed by atoms with E-state index in [1.165, 1.54) is 25.1 Å². The summed E-state index contributed by atoms with van der Waals surface area (Å²) in [5.41, 5.74) is 0. The summed E-state index contributed by atoms with van der Waals surface area (Å²) in [6.07, 6.45) is 10.3. The van der Waals surface area contributed by atoms with Crippen LogP contribution < -0.4 is 0 Å². The number of rotatable bonds is 8. The lowest BCUT2D eigenvalue weighted by atomic mass is 10.1. The van der Waals surface area contributed by atoms with E-state index < -0.39 is 0 Å². The van der Waals surface area contributed by atoms with Crippen LogP contribution in [0.15, 0.2) is 17.1 Å². The van der Waals surface area contributed by atoms with Gasteiger partial charge in [0.25, 0.3) is 0 Å². The molecule has 0 amide bonds. The molecule has 1 heterocycles. The highest BCUT2D eigenvalue weighted by molar-refractivity contribution is 5.83. The molecule has 0 aromatic heterocycles. The minimum absolute atomic E-state index is 0.234. The van der Waals surface area contributed by atoms with Crippen LogP contribution >= 0.6 is 0 Å². The second-order valence-electron chi connectivity index (χ2n) is 4.13. The highest BCUT2D eigenvalue weighted by Gasteiger charge is 2.14. The van der Waals surface area contributed by atoms with Gasteiger partial charge < -0.3 is 10.0 Å². The fraction of sp³-hybridized carbons (Fsp3) is 0.769. The lowest BCUT2D eigenvalue weighted by molar-refractivity contribution is 0.255. The maximum atomic E-state index is 8.91. The quantitative estimate of drug-likeness (QED) is 0.507. The number of aliphatic hydroxyl groups excluding tert-OH is 1. The Balaban J connectivity index is 2.10. The molecular formula is C13H24N2O. The van der Waals surface area contributed by atoms with E-state index in [0.717, 1.165) is 32.5 Å². The van der Waals surface area contributed by atoms with Crippen LogP contribution in [0.1, 0.15) is 39.0 Å². The Morgan fingerprint density at radius 3 is 3.00 bits per heavy atom. The van der Waals surface area contributed by atoms with E-state index >= 15 is 0 Å². The van der Waals surface area contributed by atoms with E-state index in [1.807, 2.05) is 0 Å². The van der Waals surface area contributed by atoms with Crippen LogP contribution in [-0.4, -0.2) is 42.1 Å². The third-order valence-corrected chi connectivity index (χ3v) is 2.82. The van der Waals surface area contributed by atoms with Crippen molar-refractivity contribution in [1.82, 2.24) is 4.90 Å². The minimum atomic E-state index is 0.234. The summed E-state index contributed by atoms with van der Waals surface area (Å²) in [5.74, 6) is 1.20. The Labute approximate surface area is 98.9 Å². The Morgan fingerprint density at radius 1 is 1.38 bits per heavy atom. The molecule has 1 aliphatic rings. The molecule has 0 aromatic carbocycles. The fourth-order valence-corrected chi connectivity index (χ4v) is 1.96. The number of hydrogen-bond donors (Lipinski definition) is 1. The highest BCUT2D eigenvalue weighted by Crippen LogP contribution is 2.09. The highest BCUT2D eigenvalue weighted by atomic mass is 16.3. The second-order valence-corrected chi connectivity index (χ2v) is 4.13. The van der Waals surface area contributed by atoms with Gasteiger partial charge in [-0.3, -0.25) is 4.99 Å². The first kappa shape index (κ1) is 13.2. The molecular weight excluding hydrogens is 200 g/mol. The average Bonchev–Trinajstić information content (AvgIpc) is 2.72. The number of hydrogen-bond acceptors (Lipinski definition) is 3. The molecule has 0 saturated heterocycles. The monoisotopic (exact) mass is 224 g/mol. The predicted molar refractivity (Wildman–Crippen MR) is 68.9 cm³/mol. The van der Waals surface area contributed by atoms with E-state index in [-0.39, 0.29) is 6.61 Å². The first-order valence-corrected chi connectivity index (χ1v) is 6.42.